The van der Waals surface area contributed by atoms with Gasteiger partial charge < -0.3 is 20.5 Å². The fourth-order valence-electron chi connectivity index (χ4n) is 3.01. The maximum atomic E-state index is 11.5. The van der Waals surface area contributed by atoms with Gasteiger partial charge in [-0.15, -0.1) is 12.4 Å². The minimum atomic E-state index is -0.137. The highest BCUT2D eigenvalue weighted by Gasteiger charge is 2.32. The second-order valence-corrected chi connectivity index (χ2v) is 6.70. The summed E-state index contributed by atoms with van der Waals surface area (Å²) < 4.78 is 11.0. The topological polar surface area (TPSA) is 76.8 Å². The van der Waals surface area contributed by atoms with E-state index >= 15 is 0 Å². The highest BCUT2D eigenvalue weighted by Crippen LogP contribution is 2.32. The number of rotatable bonds is 8. The molecule has 0 aromatic heterocycles. The average molecular weight is 372 g/mol. The first-order chi connectivity index (χ1) is 11.5. The van der Waals surface area contributed by atoms with Crippen LogP contribution in [0.3, 0.4) is 0 Å². The Bertz CT molecular complexity index is 570. The number of amides is 1. The Morgan fingerprint density at radius 3 is 2.76 bits per heavy atom. The summed E-state index contributed by atoms with van der Waals surface area (Å²) in [6.07, 6.45) is 1.13. The number of benzene rings is 1. The summed E-state index contributed by atoms with van der Waals surface area (Å²) in [6, 6.07) is 5.87. The normalized spacial score (nSPS) is 20.0. The molecule has 0 spiro atoms. The van der Waals surface area contributed by atoms with E-state index in [1.54, 1.807) is 7.11 Å². The summed E-state index contributed by atoms with van der Waals surface area (Å²) in [7, 11) is 1.61. The van der Waals surface area contributed by atoms with Gasteiger partial charge in [0.05, 0.1) is 7.11 Å². The van der Waals surface area contributed by atoms with Gasteiger partial charge in [-0.3, -0.25) is 9.69 Å². The van der Waals surface area contributed by atoms with Crippen molar-refractivity contribution < 1.29 is 14.3 Å². The van der Waals surface area contributed by atoms with Crippen molar-refractivity contribution in [2.45, 2.75) is 26.8 Å². The molecule has 1 aliphatic heterocycles. The van der Waals surface area contributed by atoms with Gasteiger partial charge >= 0.3 is 0 Å². The molecule has 3 N–H and O–H groups in total. The molecule has 1 amide bonds. The van der Waals surface area contributed by atoms with Crippen molar-refractivity contribution >= 4 is 18.3 Å². The first-order valence-corrected chi connectivity index (χ1v) is 8.48. The van der Waals surface area contributed by atoms with Crippen LogP contribution in [0.15, 0.2) is 18.2 Å². The van der Waals surface area contributed by atoms with Gasteiger partial charge in [-0.05, 0) is 49.5 Å². The van der Waals surface area contributed by atoms with E-state index < -0.39 is 0 Å². The monoisotopic (exact) mass is 371 g/mol. The number of hydrogen-bond donors (Lipinski definition) is 2. The van der Waals surface area contributed by atoms with Gasteiger partial charge in [-0.25, -0.2) is 0 Å². The van der Waals surface area contributed by atoms with Crippen molar-refractivity contribution in [3.63, 3.8) is 0 Å². The van der Waals surface area contributed by atoms with Crippen molar-refractivity contribution in [3.05, 3.63) is 23.8 Å². The molecule has 1 aromatic rings. The number of halogens is 1. The van der Waals surface area contributed by atoms with Crippen LogP contribution in [0.5, 0.6) is 11.5 Å². The lowest BCUT2D eigenvalue weighted by Gasteiger charge is -2.22. The molecule has 1 unspecified atom stereocenters. The predicted molar refractivity (Wildman–Crippen MR) is 101 cm³/mol. The molecule has 6 nitrogen and oxygen atoms in total. The van der Waals surface area contributed by atoms with E-state index in [4.69, 9.17) is 15.2 Å². The molecule has 0 aliphatic carbocycles. The Kier molecular flexibility index (Phi) is 8.48. The molecular weight excluding hydrogens is 342 g/mol. The van der Waals surface area contributed by atoms with Gasteiger partial charge in [0.1, 0.15) is 0 Å². The molecular formula is C18H30ClN3O3. The zero-order chi connectivity index (χ0) is 17.6. The van der Waals surface area contributed by atoms with Gasteiger partial charge in [0.15, 0.2) is 18.1 Å². The SMILES string of the molecule is CCNC(=O)COc1ccc(CN2CCC(C)(CN)C2)cc1OC.Cl. The van der Waals surface area contributed by atoms with Crippen LogP contribution in [0.1, 0.15) is 25.8 Å². The first kappa shape index (κ1) is 21.5. The molecule has 7 heteroatoms. The molecule has 2 rings (SSSR count). The van der Waals surface area contributed by atoms with E-state index in [1.165, 1.54) is 5.56 Å². The summed E-state index contributed by atoms with van der Waals surface area (Å²) in [5.41, 5.74) is 7.26. The molecule has 1 fully saturated rings. The number of hydrogen-bond acceptors (Lipinski definition) is 5. The number of carbonyl (C=O) groups is 1. The van der Waals surface area contributed by atoms with Crippen LogP contribution in [0, 0.1) is 5.41 Å². The third-order valence-electron chi connectivity index (χ3n) is 4.50. The fourth-order valence-corrected chi connectivity index (χ4v) is 3.01. The number of ether oxygens (including phenoxy) is 2. The first-order valence-electron chi connectivity index (χ1n) is 8.48. The van der Waals surface area contributed by atoms with Crippen molar-refractivity contribution in [1.29, 1.82) is 0 Å². The van der Waals surface area contributed by atoms with Gasteiger partial charge in [-0.2, -0.15) is 0 Å². The molecule has 142 valence electrons. The highest BCUT2D eigenvalue weighted by atomic mass is 35.5. The van der Waals surface area contributed by atoms with Crippen molar-refractivity contribution in [3.8, 4) is 11.5 Å². The second-order valence-electron chi connectivity index (χ2n) is 6.70. The number of likely N-dealkylation sites (tertiary alicyclic amines) is 1. The lowest BCUT2D eigenvalue weighted by atomic mass is 9.90. The lowest BCUT2D eigenvalue weighted by molar-refractivity contribution is -0.123. The molecule has 0 radical (unpaired) electrons. The van der Waals surface area contributed by atoms with Crippen LogP contribution in [0.4, 0.5) is 0 Å². The fraction of sp³-hybridized carbons (Fsp3) is 0.611. The predicted octanol–water partition coefficient (Wildman–Crippen LogP) is 1.80. The maximum Gasteiger partial charge on any atom is 0.257 e. The van der Waals surface area contributed by atoms with E-state index in [0.717, 1.165) is 32.6 Å². The molecule has 0 saturated carbocycles. The Balaban J connectivity index is 0.00000312. The number of carbonyl (C=O) groups excluding carboxylic acids is 1. The van der Waals surface area contributed by atoms with Crippen LogP contribution in [0.25, 0.3) is 0 Å². The third kappa shape index (κ3) is 6.06. The molecule has 1 heterocycles. The third-order valence-corrected chi connectivity index (χ3v) is 4.50. The van der Waals surface area contributed by atoms with E-state index in [0.29, 0.717) is 18.0 Å². The Morgan fingerprint density at radius 2 is 2.16 bits per heavy atom. The van der Waals surface area contributed by atoms with Gasteiger partial charge in [-0.1, -0.05) is 13.0 Å². The average Bonchev–Trinajstić information content (AvgIpc) is 2.95. The lowest BCUT2D eigenvalue weighted by Crippen LogP contribution is -2.31. The number of likely N-dealkylation sites (N-methyl/N-ethyl adjacent to an activating group) is 1. The smallest absolute Gasteiger partial charge is 0.257 e. The molecule has 1 atom stereocenters. The van der Waals surface area contributed by atoms with Gasteiger partial charge in [0.25, 0.3) is 5.91 Å². The van der Waals surface area contributed by atoms with Crippen LogP contribution in [-0.4, -0.2) is 50.7 Å². The van der Waals surface area contributed by atoms with Crippen molar-refractivity contribution in [1.82, 2.24) is 10.2 Å². The summed E-state index contributed by atoms with van der Waals surface area (Å²) in [6.45, 7) is 8.36. The number of methoxy groups -OCH3 is 1. The largest absolute Gasteiger partial charge is 0.493 e. The summed E-state index contributed by atoms with van der Waals surface area (Å²) in [5.74, 6) is 1.10. The van der Waals surface area contributed by atoms with E-state index in [9.17, 15) is 4.79 Å². The molecule has 1 aromatic carbocycles. The molecule has 1 aliphatic rings. The second kappa shape index (κ2) is 9.85. The quantitative estimate of drug-likeness (QED) is 0.728. The number of nitrogens with one attached hydrogen (secondary N) is 1. The van der Waals surface area contributed by atoms with Crippen molar-refractivity contribution in [2.75, 3.05) is 39.9 Å². The Hall–Kier alpha value is -1.50. The zero-order valence-corrected chi connectivity index (χ0v) is 16.2. The van der Waals surface area contributed by atoms with Gasteiger partial charge in [0.2, 0.25) is 0 Å². The van der Waals surface area contributed by atoms with E-state index in [-0.39, 0.29) is 30.3 Å². The van der Waals surface area contributed by atoms with E-state index in [1.807, 2.05) is 25.1 Å². The molecule has 25 heavy (non-hydrogen) atoms. The standard InChI is InChI=1S/C18H29N3O3.ClH/c1-4-20-17(22)11-24-15-6-5-14(9-16(15)23-3)10-21-8-7-18(2,12-19)13-21;/h5-6,9H,4,7-8,10-13,19H2,1-3H3,(H,20,22);1H. The van der Waals surface area contributed by atoms with Crippen LogP contribution in [-0.2, 0) is 11.3 Å². The Morgan fingerprint density at radius 1 is 1.40 bits per heavy atom. The zero-order valence-electron chi connectivity index (χ0n) is 15.3. The van der Waals surface area contributed by atoms with Crippen LogP contribution >= 0.6 is 12.4 Å². The van der Waals surface area contributed by atoms with E-state index in [2.05, 4.69) is 17.1 Å². The maximum absolute atomic E-state index is 11.5. The highest BCUT2D eigenvalue weighted by molar-refractivity contribution is 5.85. The van der Waals surface area contributed by atoms with Crippen molar-refractivity contribution in [2.24, 2.45) is 11.1 Å². The summed E-state index contributed by atoms with van der Waals surface area (Å²) in [4.78, 5) is 13.9. The molecule has 1 saturated heterocycles. The van der Waals surface area contributed by atoms with Crippen LogP contribution < -0.4 is 20.5 Å². The minimum Gasteiger partial charge on any atom is -0.493 e. The Labute approximate surface area is 156 Å². The number of nitrogens with two attached hydrogens (primary N) is 1. The molecule has 0 bridgehead atoms. The summed E-state index contributed by atoms with van der Waals surface area (Å²) >= 11 is 0. The minimum absolute atomic E-state index is 0. The number of nitrogens with zero attached hydrogens (tertiary/aromatic N) is 1. The van der Waals surface area contributed by atoms with Gasteiger partial charge in [0, 0.05) is 19.6 Å². The summed E-state index contributed by atoms with van der Waals surface area (Å²) in [5, 5.41) is 2.70. The van der Waals surface area contributed by atoms with Crippen LogP contribution in [0.2, 0.25) is 0 Å².